The maximum atomic E-state index is 12.9. The van der Waals surface area contributed by atoms with Gasteiger partial charge in [-0.3, -0.25) is 19.9 Å². The van der Waals surface area contributed by atoms with Crippen LogP contribution in [0.4, 0.5) is 5.69 Å². The summed E-state index contributed by atoms with van der Waals surface area (Å²) < 4.78 is 1.58. The second-order valence-corrected chi connectivity index (χ2v) is 7.53. The van der Waals surface area contributed by atoms with Crippen molar-refractivity contribution < 1.29 is 9.59 Å². The second kappa shape index (κ2) is 5.96. The van der Waals surface area contributed by atoms with E-state index in [9.17, 15) is 9.59 Å². The molecule has 0 bridgehead atoms. The summed E-state index contributed by atoms with van der Waals surface area (Å²) in [4.78, 5) is 36.9. The van der Waals surface area contributed by atoms with Crippen molar-refractivity contribution in [3.63, 3.8) is 0 Å². The second-order valence-electron chi connectivity index (χ2n) is 7.53. The number of amides is 2. The number of aromatic nitrogens is 3. The van der Waals surface area contributed by atoms with Crippen LogP contribution in [0.3, 0.4) is 0 Å². The van der Waals surface area contributed by atoms with Crippen LogP contribution in [0.2, 0.25) is 0 Å². The summed E-state index contributed by atoms with van der Waals surface area (Å²) in [6.07, 6.45) is 9.47. The molecule has 8 heteroatoms. The number of para-hydroxylation sites is 1. The maximum Gasteiger partial charge on any atom is 0.261 e. The molecule has 30 heavy (non-hydrogen) atoms. The van der Waals surface area contributed by atoms with E-state index >= 15 is 0 Å². The van der Waals surface area contributed by atoms with Crippen LogP contribution in [-0.2, 0) is 16.0 Å². The van der Waals surface area contributed by atoms with Gasteiger partial charge in [0.05, 0.1) is 34.3 Å². The van der Waals surface area contributed by atoms with Crippen LogP contribution in [0, 0.1) is 0 Å². The zero-order chi connectivity index (χ0) is 20.4. The zero-order valence-electron chi connectivity index (χ0n) is 16.0. The lowest BCUT2D eigenvalue weighted by molar-refractivity contribution is -0.123. The van der Waals surface area contributed by atoms with Gasteiger partial charge < -0.3 is 4.90 Å². The summed E-state index contributed by atoms with van der Waals surface area (Å²) >= 11 is 0. The quantitative estimate of drug-likeness (QED) is 0.668. The van der Waals surface area contributed by atoms with Crippen molar-refractivity contribution >= 4 is 34.4 Å². The van der Waals surface area contributed by atoms with Crippen LogP contribution in [0.1, 0.15) is 23.6 Å². The normalized spacial score (nSPS) is 20.0. The minimum Gasteiger partial charge on any atom is -0.343 e. The van der Waals surface area contributed by atoms with Gasteiger partial charge >= 0.3 is 0 Å². The highest BCUT2D eigenvalue weighted by atomic mass is 16.2. The number of rotatable bonds is 2. The molecule has 1 N–H and O–H groups in total. The number of carbonyl (C=O) groups excluding carboxylic acids is 2. The van der Waals surface area contributed by atoms with Crippen molar-refractivity contribution in [3.05, 3.63) is 77.5 Å². The number of nitrogens with zero attached hydrogens (tertiary/aromatic N) is 5. The summed E-state index contributed by atoms with van der Waals surface area (Å²) in [6, 6.07) is 8.06. The average Bonchev–Trinajstić information content (AvgIpc) is 3.33. The van der Waals surface area contributed by atoms with E-state index in [2.05, 4.69) is 38.3 Å². The molecule has 3 aromatic rings. The Morgan fingerprint density at radius 2 is 1.97 bits per heavy atom. The Bertz CT molecular complexity index is 1360. The lowest BCUT2D eigenvalue weighted by Gasteiger charge is -2.21. The van der Waals surface area contributed by atoms with E-state index in [1.54, 1.807) is 35.4 Å². The van der Waals surface area contributed by atoms with E-state index in [0.29, 0.717) is 23.0 Å². The number of fused-ring (bicyclic) bond motifs is 1. The number of hydrogen-bond donors (Lipinski definition) is 1. The molecule has 0 spiro atoms. The van der Waals surface area contributed by atoms with E-state index < -0.39 is 11.8 Å². The number of carbonyl (C=O) groups is 2. The first-order valence-electron chi connectivity index (χ1n) is 9.67. The minimum atomic E-state index is -0.468. The SMILES string of the molecule is CC1Cc2cccc3c2N1C=CN=C3C1=C(c2cnn3cccnc23)C(=O)NC1=O. The number of aliphatic imine (C=N–C) groups is 1. The molecule has 1 unspecified atom stereocenters. The zero-order valence-corrected chi connectivity index (χ0v) is 16.0. The van der Waals surface area contributed by atoms with E-state index in [0.717, 1.165) is 17.7 Å². The predicted molar refractivity (Wildman–Crippen MR) is 111 cm³/mol. The van der Waals surface area contributed by atoms with E-state index in [1.807, 2.05) is 18.3 Å². The van der Waals surface area contributed by atoms with Gasteiger partial charge in [-0.25, -0.2) is 9.50 Å². The topological polar surface area (TPSA) is 92.0 Å². The maximum absolute atomic E-state index is 12.9. The van der Waals surface area contributed by atoms with Crippen molar-refractivity contribution in [1.82, 2.24) is 19.9 Å². The van der Waals surface area contributed by atoms with Crippen molar-refractivity contribution in [2.24, 2.45) is 4.99 Å². The number of nitrogens with one attached hydrogen (secondary N) is 1. The average molecular weight is 396 g/mol. The van der Waals surface area contributed by atoms with Crippen LogP contribution in [-0.4, -0.2) is 38.2 Å². The van der Waals surface area contributed by atoms with Crippen LogP contribution in [0.25, 0.3) is 11.2 Å². The molecule has 0 saturated heterocycles. The van der Waals surface area contributed by atoms with Crippen molar-refractivity contribution in [2.75, 3.05) is 4.90 Å². The van der Waals surface area contributed by atoms with Crippen LogP contribution < -0.4 is 10.2 Å². The Kier molecular flexibility index (Phi) is 3.35. The van der Waals surface area contributed by atoms with Gasteiger partial charge in [-0.05, 0) is 25.0 Å². The molecule has 0 saturated carbocycles. The smallest absolute Gasteiger partial charge is 0.261 e. The molecule has 0 fully saturated rings. The molecule has 2 aromatic heterocycles. The van der Waals surface area contributed by atoms with Crippen LogP contribution in [0.5, 0.6) is 0 Å². The largest absolute Gasteiger partial charge is 0.343 e. The number of anilines is 1. The van der Waals surface area contributed by atoms with Crippen molar-refractivity contribution in [2.45, 2.75) is 19.4 Å². The number of hydrogen-bond acceptors (Lipinski definition) is 6. The standard InChI is InChI=1S/C22H16N6O2/c1-12-10-13-4-2-5-14-18(23-7-9-27(12)19(13)14)17-16(21(29)26-22(17)30)15-11-25-28-8-3-6-24-20(15)28/h2-9,11-12H,10H2,1H3,(H,26,29,30). The van der Waals surface area contributed by atoms with Gasteiger partial charge in [0, 0.05) is 36.4 Å². The van der Waals surface area contributed by atoms with E-state index in [-0.39, 0.29) is 11.1 Å². The third-order valence-corrected chi connectivity index (χ3v) is 5.77. The molecule has 0 radical (unpaired) electrons. The first kappa shape index (κ1) is 16.8. The van der Waals surface area contributed by atoms with Gasteiger partial charge in [0.2, 0.25) is 0 Å². The highest BCUT2D eigenvalue weighted by molar-refractivity contribution is 6.48. The molecule has 8 nitrogen and oxygen atoms in total. The Morgan fingerprint density at radius 3 is 2.87 bits per heavy atom. The molecule has 5 heterocycles. The van der Waals surface area contributed by atoms with Gasteiger partial charge in [0.15, 0.2) is 5.65 Å². The Balaban J connectivity index is 1.63. The third-order valence-electron chi connectivity index (χ3n) is 5.77. The molecular weight excluding hydrogens is 380 g/mol. The van der Waals surface area contributed by atoms with Crippen molar-refractivity contribution in [1.29, 1.82) is 0 Å². The molecular formula is C22H16N6O2. The van der Waals surface area contributed by atoms with E-state index in [4.69, 9.17) is 0 Å². The van der Waals surface area contributed by atoms with Gasteiger partial charge in [0.25, 0.3) is 11.8 Å². The molecule has 146 valence electrons. The van der Waals surface area contributed by atoms with Gasteiger partial charge in [-0.1, -0.05) is 18.2 Å². The summed E-state index contributed by atoms with van der Waals surface area (Å²) in [6.45, 7) is 2.15. The fraction of sp³-hybridized carbons (Fsp3) is 0.136. The molecule has 2 amide bonds. The lowest BCUT2D eigenvalue weighted by atomic mass is 9.93. The molecule has 3 aliphatic rings. The third kappa shape index (κ3) is 2.18. The Labute approximate surface area is 171 Å². The van der Waals surface area contributed by atoms with Gasteiger partial charge in [-0.2, -0.15) is 5.10 Å². The molecule has 6 rings (SSSR count). The molecule has 3 aliphatic heterocycles. The minimum absolute atomic E-state index is 0.248. The fourth-order valence-corrected chi connectivity index (χ4v) is 4.50. The number of imide groups is 1. The lowest BCUT2D eigenvalue weighted by Crippen LogP contribution is -2.26. The van der Waals surface area contributed by atoms with E-state index in [1.165, 1.54) is 5.56 Å². The number of benzene rings is 1. The fourth-order valence-electron chi connectivity index (χ4n) is 4.50. The Hall–Kier alpha value is -4.07. The van der Waals surface area contributed by atoms with Crippen molar-refractivity contribution in [3.8, 4) is 0 Å². The molecule has 0 aliphatic carbocycles. The molecule has 1 atom stereocenters. The first-order chi connectivity index (χ1) is 14.6. The van der Waals surface area contributed by atoms with Crippen LogP contribution >= 0.6 is 0 Å². The monoisotopic (exact) mass is 396 g/mol. The highest BCUT2D eigenvalue weighted by Crippen LogP contribution is 2.40. The summed E-state index contributed by atoms with van der Waals surface area (Å²) in [5, 5.41) is 6.71. The predicted octanol–water partition coefficient (Wildman–Crippen LogP) is 1.86. The van der Waals surface area contributed by atoms with Gasteiger partial charge in [0.1, 0.15) is 0 Å². The summed E-state index contributed by atoms with van der Waals surface area (Å²) in [5.74, 6) is -0.932. The molecule has 1 aromatic carbocycles. The Morgan fingerprint density at radius 1 is 1.10 bits per heavy atom. The first-order valence-corrected chi connectivity index (χ1v) is 9.67. The summed E-state index contributed by atoms with van der Waals surface area (Å²) in [5.41, 5.74) is 5.06. The highest BCUT2D eigenvalue weighted by Gasteiger charge is 2.39. The van der Waals surface area contributed by atoms with Gasteiger partial charge in [-0.15, -0.1) is 0 Å². The summed E-state index contributed by atoms with van der Waals surface area (Å²) in [7, 11) is 0. The van der Waals surface area contributed by atoms with Crippen LogP contribution in [0.15, 0.2) is 65.8 Å².